The van der Waals surface area contributed by atoms with E-state index >= 15 is 0 Å². The van der Waals surface area contributed by atoms with Crippen molar-refractivity contribution in [3.05, 3.63) is 48.3 Å². The van der Waals surface area contributed by atoms with E-state index in [0.717, 1.165) is 6.42 Å². The first-order chi connectivity index (χ1) is 12.1. The zero-order chi connectivity index (χ0) is 17.3. The molecule has 4 rings (SSSR count). The summed E-state index contributed by atoms with van der Waals surface area (Å²) in [6, 6.07) is 6.40. The Bertz CT molecular complexity index is 751. The second-order valence-electron chi connectivity index (χ2n) is 6.55. The Morgan fingerprint density at radius 2 is 2.36 bits per heavy atom. The molecule has 2 aromatic heterocycles. The highest BCUT2D eigenvalue weighted by atomic mass is 19.1. The van der Waals surface area contributed by atoms with Gasteiger partial charge in [0, 0.05) is 25.7 Å². The number of hydrogen-bond acceptors (Lipinski definition) is 5. The van der Waals surface area contributed by atoms with Gasteiger partial charge in [-0.3, -0.25) is 4.79 Å². The number of likely N-dealkylation sites (tertiary alicyclic amines) is 1. The highest BCUT2D eigenvalue weighted by Crippen LogP contribution is 2.36. The second kappa shape index (κ2) is 6.48. The maximum absolute atomic E-state index is 13.7. The van der Waals surface area contributed by atoms with E-state index in [-0.39, 0.29) is 24.3 Å². The van der Waals surface area contributed by atoms with E-state index < -0.39 is 11.4 Å². The van der Waals surface area contributed by atoms with Crippen LogP contribution in [-0.2, 0) is 16.0 Å². The van der Waals surface area contributed by atoms with E-state index in [0.29, 0.717) is 31.9 Å². The van der Waals surface area contributed by atoms with Crippen molar-refractivity contribution in [3.8, 4) is 5.88 Å². The average molecular weight is 346 g/mol. The zero-order valence-corrected chi connectivity index (χ0v) is 13.7. The highest BCUT2D eigenvalue weighted by molar-refractivity contribution is 5.78. The van der Waals surface area contributed by atoms with Crippen molar-refractivity contribution in [3.63, 3.8) is 0 Å². The Morgan fingerprint density at radius 1 is 1.44 bits per heavy atom. The van der Waals surface area contributed by atoms with E-state index in [2.05, 4.69) is 4.98 Å². The molecule has 132 valence electrons. The van der Waals surface area contributed by atoms with Gasteiger partial charge >= 0.3 is 0 Å². The lowest BCUT2D eigenvalue weighted by atomic mass is 9.98. The Kier molecular flexibility index (Phi) is 4.17. The quantitative estimate of drug-likeness (QED) is 0.849. The fraction of sp³-hybridized carbons (Fsp3) is 0.444. The molecule has 1 amide bonds. The molecular formula is C18H19FN2O4. The van der Waals surface area contributed by atoms with Crippen LogP contribution >= 0.6 is 0 Å². The third-order valence-corrected chi connectivity index (χ3v) is 4.75. The summed E-state index contributed by atoms with van der Waals surface area (Å²) in [5, 5.41) is 0. The summed E-state index contributed by atoms with van der Waals surface area (Å²) in [6.07, 6.45) is 4.42. The van der Waals surface area contributed by atoms with Crippen molar-refractivity contribution in [2.24, 2.45) is 0 Å². The van der Waals surface area contributed by atoms with Crippen molar-refractivity contribution in [1.29, 1.82) is 0 Å². The topological polar surface area (TPSA) is 64.8 Å². The predicted molar refractivity (Wildman–Crippen MR) is 85.5 cm³/mol. The van der Waals surface area contributed by atoms with Gasteiger partial charge in [0.25, 0.3) is 5.88 Å². The molecule has 2 aliphatic rings. The van der Waals surface area contributed by atoms with E-state index in [1.165, 1.54) is 18.3 Å². The number of nitrogens with zero attached hydrogens (tertiary/aromatic N) is 2. The van der Waals surface area contributed by atoms with Gasteiger partial charge in [0.1, 0.15) is 11.9 Å². The molecule has 0 saturated carbocycles. The van der Waals surface area contributed by atoms with Crippen molar-refractivity contribution in [1.82, 2.24) is 9.88 Å². The fourth-order valence-corrected chi connectivity index (χ4v) is 3.51. The number of furan rings is 1. The molecule has 1 spiro atoms. The van der Waals surface area contributed by atoms with Crippen LogP contribution in [0.5, 0.6) is 5.88 Å². The summed E-state index contributed by atoms with van der Waals surface area (Å²) in [4.78, 5) is 18.1. The summed E-state index contributed by atoms with van der Waals surface area (Å²) >= 11 is 0. The Morgan fingerprint density at radius 3 is 3.16 bits per heavy atom. The summed E-state index contributed by atoms with van der Waals surface area (Å²) in [5.41, 5.74) is -0.408. The summed E-state index contributed by atoms with van der Waals surface area (Å²) in [5.74, 6) is 0.197. The van der Waals surface area contributed by atoms with Crippen LogP contribution in [0, 0.1) is 5.82 Å². The first-order valence-corrected chi connectivity index (χ1v) is 8.35. The van der Waals surface area contributed by atoms with E-state index in [9.17, 15) is 9.18 Å². The molecule has 0 aromatic carbocycles. The van der Waals surface area contributed by atoms with Crippen LogP contribution in [0.25, 0.3) is 0 Å². The summed E-state index contributed by atoms with van der Waals surface area (Å²) < 4.78 is 30.5. The van der Waals surface area contributed by atoms with E-state index in [4.69, 9.17) is 13.9 Å². The lowest BCUT2D eigenvalue weighted by Gasteiger charge is -2.23. The van der Waals surface area contributed by atoms with Crippen molar-refractivity contribution in [2.45, 2.75) is 31.0 Å². The molecule has 0 bridgehead atoms. The monoisotopic (exact) mass is 346 g/mol. The van der Waals surface area contributed by atoms with Crippen LogP contribution in [-0.4, -0.2) is 47.2 Å². The smallest absolute Gasteiger partial charge is 0.250 e. The number of aromatic nitrogens is 1. The SMILES string of the molecule is O=C(Cc1ccco1)N1CC[C@]2(C[C@@H](Oc3ncccc3F)CO2)C1. The minimum absolute atomic E-state index is 0.00287. The molecule has 2 aromatic rings. The van der Waals surface area contributed by atoms with Gasteiger partial charge in [-0.1, -0.05) is 0 Å². The van der Waals surface area contributed by atoms with Crippen LogP contribution in [0.4, 0.5) is 4.39 Å². The molecule has 2 saturated heterocycles. The van der Waals surface area contributed by atoms with Crippen LogP contribution in [0.15, 0.2) is 41.1 Å². The van der Waals surface area contributed by atoms with Gasteiger partial charge in [-0.05, 0) is 30.7 Å². The zero-order valence-electron chi connectivity index (χ0n) is 13.7. The van der Waals surface area contributed by atoms with E-state index in [1.807, 2.05) is 0 Å². The predicted octanol–water partition coefficient (Wildman–Crippen LogP) is 2.20. The second-order valence-corrected chi connectivity index (χ2v) is 6.55. The lowest BCUT2D eigenvalue weighted by molar-refractivity contribution is -0.130. The number of carbonyl (C=O) groups is 1. The summed E-state index contributed by atoms with van der Waals surface area (Å²) in [6.45, 7) is 1.54. The highest BCUT2D eigenvalue weighted by Gasteiger charge is 2.47. The molecule has 6 nitrogen and oxygen atoms in total. The number of ether oxygens (including phenoxy) is 2. The number of hydrogen-bond donors (Lipinski definition) is 0. The molecule has 2 aliphatic heterocycles. The maximum Gasteiger partial charge on any atom is 0.250 e. The molecule has 7 heteroatoms. The van der Waals surface area contributed by atoms with Crippen LogP contribution in [0.1, 0.15) is 18.6 Å². The molecular weight excluding hydrogens is 327 g/mol. The van der Waals surface area contributed by atoms with Crippen LogP contribution in [0.2, 0.25) is 0 Å². The largest absolute Gasteiger partial charge is 0.470 e. The standard InChI is InChI=1S/C18H19FN2O4/c19-15-4-1-6-20-17(15)25-14-10-18(24-11-14)5-7-21(12-18)16(22)9-13-3-2-8-23-13/h1-4,6,8,14H,5,7,9-12H2/t14-,18+/m1/s1. The molecule has 2 fully saturated rings. The Labute approximate surface area is 144 Å². The summed E-state index contributed by atoms with van der Waals surface area (Å²) in [7, 11) is 0. The van der Waals surface area contributed by atoms with Gasteiger partial charge in [-0.25, -0.2) is 9.37 Å². The fourth-order valence-electron chi connectivity index (χ4n) is 3.51. The Balaban J connectivity index is 1.35. The van der Waals surface area contributed by atoms with Crippen molar-refractivity contribution < 1.29 is 23.1 Å². The van der Waals surface area contributed by atoms with Gasteiger partial charge in [-0.15, -0.1) is 0 Å². The lowest BCUT2D eigenvalue weighted by Crippen LogP contribution is -2.36. The van der Waals surface area contributed by atoms with Crippen molar-refractivity contribution in [2.75, 3.05) is 19.7 Å². The number of rotatable bonds is 4. The van der Waals surface area contributed by atoms with Crippen molar-refractivity contribution >= 4 is 5.91 Å². The molecule has 0 unspecified atom stereocenters. The number of amides is 1. The van der Waals surface area contributed by atoms with Gasteiger partial charge < -0.3 is 18.8 Å². The third kappa shape index (κ3) is 3.37. The van der Waals surface area contributed by atoms with Gasteiger partial charge in [0.05, 0.1) is 24.9 Å². The molecule has 0 N–H and O–H groups in total. The van der Waals surface area contributed by atoms with Crippen LogP contribution < -0.4 is 4.74 Å². The van der Waals surface area contributed by atoms with Gasteiger partial charge in [0.15, 0.2) is 5.82 Å². The number of pyridine rings is 1. The van der Waals surface area contributed by atoms with Gasteiger partial charge in [0.2, 0.25) is 5.91 Å². The molecule has 2 atom stereocenters. The molecule has 4 heterocycles. The normalized spacial score (nSPS) is 25.6. The maximum atomic E-state index is 13.7. The minimum Gasteiger partial charge on any atom is -0.470 e. The number of halogens is 1. The first kappa shape index (κ1) is 16.1. The van der Waals surface area contributed by atoms with Crippen LogP contribution in [0.3, 0.4) is 0 Å². The molecule has 0 radical (unpaired) electrons. The van der Waals surface area contributed by atoms with E-state index in [1.54, 1.807) is 23.3 Å². The molecule has 0 aliphatic carbocycles. The number of carbonyl (C=O) groups excluding carboxylic acids is 1. The average Bonchev–Trinajstić information content (AvgIpc) is 3.33. The molecule has 25 heavy (non-hydrogen) atoms. The first-order valence-electron chi connectivity index (χ1n) is 8.35. The Hall–Kier alpha value is -2.41. The minimum atomic E-state index is -0.481. The third-order valence-electron chi connectivity index (χ3n) is 4.75. The van der Waals surface area contributed by atoms with Gasteiger partial charge in [-0.2, -0.15) is 0 Å².